The number of amides is 1. The lowest BCUT2D eigenvalue weighted by Gasteiger charge is -2.22. The molecule has 1 aromatic heterocycles. The maximum absolute atomic E-state index is 13.2. The van der Waals surface area contributed by atoms with E-state index in [0.717, 1.165) is 24.0 Å². The van der Waals surface area contributed by atoms with Crippen LogP contribution in [0.25, 0.3) is 11.4 Å². The van der Waals surface area contributed by atoms with Crippen LogP contribution in [-0.4, -0.2) is 54.9 Å². The third-order valence-corrected chi connectivity index (χ3v) is 5.90. The number of carbonyl (C=O) groups excluding carboxylic acids is 1. The number of hydrogen-bond donors (Lipinski definition) is 0. The quantitative estimate of drug-likeness (QED) is 0.419. The van der Waals surface area contributed by atoms with Crippen molar-refractivity contribution >= 4 is 5.91 Å². The molecule has 0 spiro atoms. The Bertz CT molecular complexity index is 1160. The molecule has 0 N–H and O–H groups in total. The van der Waals surface area contributed by atoms with Crippen LogP contribution in [0.2, 0.25) is 0 Å². The van der Waals surface area contributed by atoms with E-state index in [1.54, 1.807) is 26.4 Å². The van der Waals surface area contributed by atoms with Crippen LogP contribution in [0.4, 0.5) is 0 Å². The van der Waals surface area contributed by atoms with Crippen LogP contribution in [0.3, 0.4) is 0 Å². The monoisotopic (exact) mass is 481 g/mol. The lowest BCUT2D eigenvalue weighted by molar-refractivity contribution is -0.131. The zero-order valence-electron chi connectivity index (χ0n) is 20.6. The van der Waals surface area contributed by atoms with Crippen molar-refractivity contribution in [3.63, 3.8) is 0 Å². The van der Waals surface area contributed by atoms with Crippen LogP contribution in [0.5, 0.6) is 23.0 Å². The third kappa shape index (κ3) is 5.34. The van der Waals surface area contributed by atoms with Gasteiger partial charge in [-0.3, -0.25) is 4.79 Å². The van der Waals surface area contributed by atoms with Gasteiger partial charge in [-0.15, -0.1) is 0 Å². The molecule has 0 radical (unpaired) electrons. The van der Waals surface area contributed by atoms with E-state index in [9.17, 15) is 4.79 Å². The van der Waals surface area contributed by atoms with Gasteiger partial charge in [0.1, 0.15) is 6.04 Å². The van der Waals surface area contributed by atoms with E-state index >= 15 is 0 Å². The van der Waals surface area contributed by atoms with Gasteiger partial charge in [0.2, 0.25) is 17.6 Å². The van der Waals surface area contributed by atoms with Crippen molar-refractivity contribution in [1.29, 1.82) is 0 Å². The minimum Gasteiger partial charge on any atom is -0.493 e. The van der Waals surface area contributed by atoms with Crippen molar-refractivity contribution in [2.45, 2.75) is 39.2 Å². The molecule has 3 aromatic rings. The maximum atomic E-state index is 13.2. The summed E-state index contributed by atoms with van der Waals surface area (Å²) in [5.41, 5.74) is 1.61. The summed E-state index contributed by atoms with van der Waals surface area (Å²) in [4.78, 5) is 19.7. The molecule has 186 valence electrons. The predicted octanol–water partition coefficient (Wildman–Crippen LogP) is 4.46. The fourth-order valence-electron chi connectivity index (χ4n) is 4.27. The zero-order chi connectivity index (χ0) is 24.8. The van der Waals surface area contributed by atoms with E-state index in [-0.39, 0.29) is 18.4 Å². The summed E-state index contributed by atoms with van der Waals surface area (Å²) in [6, 6.07) is 10.8. The van der Waals surface area contributed by atoms with E-state index in [2.05, 4.69) is 10.1 Å². The molecule has 1 unspecified atom stereocenters. The molecule has 0 aliphatic carbocycles. The smallest absolute Gasteiger partial charge is 0.249 e. The zero-order valence-corrected chi connectivity index (χ0v) is 20.6. The highest BCUT2D eigenvalue weighted by Gasteiger charge is 2.34. The van der Waals surface area contributed by atoms with Crippen molar-refractivity contribution < 1.29 is 28.3 Å². The number of hydrogen-bond acceptors (Lipinski definition) is 8. The summed E-state index contributed by atoms with van der Waals surface area (Å²) < 4.78 is 27.6. The molecule has 1 aliphatic heterocycles. The molecule has 1 amide bonds. The fraction of sp³-hybridized carbons (Fsp3) is 0.423. The number of methoxy groups -OCH3 is 2. The first-order valence-corrected chi connectivity index (χ1v) is 11.8. The first kappa shape index (κ1) is 24.4. The van der Waals surface area contributed by atoms with Crippen LogP contribution in [-0.2, 0) is 11.2 Å². The van der Waals surface area contributed by atoms with Crippen molar-refractivity contribution in [3.8, 4) is 34.4 Å². The topological polar surface area (TPSA) is 96.2 Å². The van der Waals surface area contributed by atoms with E-state index < -0.39 is 0 Å². The number of benzene rings is 2. The maximum Gasteiger partial charge on any atom is 0.249 e. The number of ether oxygens (including phenoxy) is 4. The van der Waals surface area contributed by atoms with Crippen LogP contribution in [0, 0.1) is 0 Å². The molecule has 1 atom stereocenters. The molecule has 9 nitrogen and oxygen atoms in total. The Kier molecular flexibility index (Phi) is 7.74. The Labute approximate surface area is 204 Å². The molecule has 4 rings (SSSR count). The molecular weight excluding hydrogens is 450 g/mol. The van der Waals surface area contributed by atoms with Crippen LogP contribution in [0.1, 0.15) is 44.2 Å². The minimum absolute atomic E-state index is 0.00461. The summed E-state index contributed by atoms with van der Waals surface area (Å²) in [6.07, 6.45) is 1.89. The number of aromatic nitrogens is 2. The van der Waals surface area contributed by atoms with Gasteiger partial charge in [-0.25, -0.2) is 0 Å². The van der Waals surface area contributed by atoms with E-state index in [0.29, 0.717) is 54.5 Å². The molecular formula is C26H31N3O6. The van der Waals surface area contributed by atoms with Crippen LogP contribution >= 0.6 is 0 Å². The summed E-state index contributed by atoms with van der Waals surface area (Å²) in [7, 11) is 3.16. The summed E-state index contributed by atoms with van der Waals surface area (Å²) in [6.45, 7) is 5.55. The normalized spacial score (nSPS) is 15.2. The molecule has 9 heteroatoms. The molecule has 1 fully saturated rings. The standard InChI is InChI=1S/C26H31N3O6/c1-5-33-21-11-9-17(14-23(21)34-6-2)15-24(30)29-13-7-8-19(29)26-27-25(28-35-26)18-10-12-20(31-3)22(16-18)32-4/h9-12,14,16,19H,5-8,13,15H2,1-4H3. The molecule has 0 saturated carbocycles. The Balaban J connectivity index is 1.50. The highest BCUT2D eigenvalue weighted by Crippen LogP contribution is 2.35. The van der Waals surface area contributed by atoms with Gasteiger partial charge in [0.25, 0.3) is 0 Å². The number of rotatable bonds is 10. The Hall–Kier alpha value is -3.75. The van der Waals surface area contributed by atoms with Gasteiger partial charge in [0, 0.05) is 12.1 Å². The second kappa shape index (κ2) is 11.1. The van der Waals surface area contributed by atoms with Crippen LogP contribution in [0.15, 0.2) is 40.9 Å². The number of likely N-dealkylation sites (tertiary alicyclic amines) is 1. The number of carbonyl (C=O) groups is 1. The average molecular weight is 482 g/mol. The van der Waals surface area contributed by atoms with Gasteiger partial charge in [-0.05, 0) is 62.6 Å². The molecule has 35 heavy (non-hydrogen) atoms. The Morgan fingerprint density at radius 1 is 1.00 bits per heavy atom. The second-order valence-corrected chi connectivity index (χ2v) is 8.10. The highest BCUT2D eigenvalue weighted by molar-refractivity contribution is 5.79. The fourth-order valence-corrected chi connectivity index (χ4v) is 4.27. The van der Waals surface area contributed by atoms with E-state index in [1.807, 2.05) is 43.0 Å². The van der Waals surface area contributed by atoms with E-state index in [1.165, 1.54) is 0 Å². The van der Waals surface area contributed by atoms with Crippen molar-refractivity contribution in [1.82, 2.24) is 15.0 Å². The summed E-state index contributed by atoms with van der Waals surface area (Å²) >= 11 is 0. The predicted molar refractivity (Wildman–Crippen MR) is 129 cm³/mol. The van der Waals surface area contributed by atoms with Gasteiger partial charge in [-0.2, -0.15) is 4.98 Å². The third-order valence-electron chi connectivity index (χ3n) is 5.90. The highest BCUT2D eigenvalue weighted by atomic mass is 16.5. The largest absolute Gasteiger partial charge is 0.493 e. The SMILES string of the molecule is CCOc1ccc(CC(=O)N2CCCC2c2nc(-c3ccc(OC)c(OC)c3)no2)cc1OCC. The Morgan fingerprint density at radius 2 is 1.74 bits per heavy atom. The lowest BCUT2D eigenvalue weighted by Crippen LogP contribution is -2.32. The molecule has 1 aliphatic rings. The Morgan fingerprint density at radius 3 is 2.49 bits per heavy atom. The van der Waals surface area contributed by atoms with Crippen molar-refractivity contribution in [2.24, 2.45) is 0 Å². The average Bonchev–Trinajstić information content (AvgIpc) is 3.55. The van der Waals surface area contributed by atoms with Gasteiger partial charge < -0.3 is 28.4 Å². The van der Waals surface area contributed by atoms with Gasteiger partial charge in [0.05, 0.1) is 33.9 Å². The molecule has 1 saturated heterocycles. The molecule has 2 aromatic carbocycles. The second-order valence-electron chi connectivity index (χ2n) is 8.10. The van der Waals surface area contributed by atoms with E-state index in [4.69, 9.17) is 23.5 Å². The van der Waals surface area contributed by atoms with Crippen molar-refractivity contribution in [2.75, 3.05) is 34.0 Å². The van der Waals surface area contributed by atoms with Gasteiger partial charge in [0.15, 0.2) is 23.0 Å². The number of nitrogens with zero attached hydrogens (tertiary/aromatic N) is 3. The van der Waals surface area contributed by atoms with Crippen LogP contribution < -0.4 is 18.9 Å². The lowest BCUT2D eigenvalue weighted by atomic mass is 10.1. The first-order chi connectivity index (χ1) is 17.1. The molecule has 2 heterocycles. The van der Waals surface area contributed by atoms with Gasteiger partial charge in [-0.1, -0.05) is 11.2 Å². The van der Waals surface area contributed by atoms with Crippen molar-refractivity contribution in [3.05, 3.63) is 47.9 Å². The summed E-state index contributed by atoms with van der Waals surface area (Å²) in [5, 5.41) is 4.15. The van der Waals surface area contributed by atoms with Gasteiger partial charge >= 0.3 is 0 Å². The summed E-state index contributed by atoms with van der Waals surface area (Å²) in [5.74, 6) is 3.40. The first-order valence-electron chi connectivity index (χ1n) is 11.8. The minimum atomic E-state index is -0.252. The molecule has 0 bridgehead atoms.